The lowest BCUT2D eigenvalue weighted by Gasteiger charge is -2.08. The van der Waals surface area contributed by atoms with E-state index < -0.39 is 0 Å². The van der Waals surface area contributed by atoms with Crippen molar-refractivity contribution in [2.45, 2.75) is 33.5 Å². The molecule has 0 aliphatic carbocycles. The summed E-state index contributed by atoms with van der Waals surface area (Å²) in [4.78, 5) is 24.5. The Balaban J connectivity index is 1.75. The molecule has 0 saturated carbocycles. The first-order chi connectivity index (χ1) is 12.5. The number of benzene rings is 2. The summed E-state index contributed by atoms with van der Waals surface area (Å²) >= 11 is 0. The predicted molar refractivity (Wildman–Crippen MR) is 99.8 cm³/mol. The number of aromatic nitrogens is 2. The van der Waals surface area contributed by atoms with Gasteiger partial charge in [-0.3, -0.25) is 9.13 Å². The number of carbonyl (C=O) groups excluding carboxylic acids is 1. The first-order valence-corrected chi connectivity index (χ1v) is 8.55. The molecule has 0 aliphatic heterocycles. The molecule has 136 valence electrons. The van der Waals surface area contributed by atoms with Crippen LogP contribution < -0.4 is 16.3 Å². The van der Waals surface area contributed by atoms with Crippen molar-refractivity contribution >= 4 is 22.8 Å². The Labute approximate surface area is 150 Å². The van der Waals surface area contributed by atoms with Gasteiger partial charge >= 0.3 is 11.7 Å². The highest BCUT2D eigenvalue weighted by Crippen LogP contribution is 2.19. The zero-order valence-corrected chi connectivity index (χ0v) is 14.8. The van der Waals surface area contributed by atoms with Crippen molar-refractivity contribution in [2.75, 3.05) is 5.32 Å². The number of aryl methyl sites for hydroxylation is 2. The standard InChI is InChI=1S/C19H21FN4O2/c1-3-23-16-10-9-15(11-17(16)24(4-2)19(23)26)22-18(25)21-12-13-5-7-14(20)8-6-13/h5-11H,3-4,12H2,1-2H3,(H2,21,22,25). The third-order valence-electron chi connectivity index (χ3n) is 4.28. The molecule has 1 heterocycles. The molecule has 3 aromatic rings. The van der Waals surface area contributed by atoms with Crippen LogP contribution >= 0.6 is 0 Å². The average molecular weight is 356 g/mol. The summed E-state index contributed by atoms with van der Waals surface area (Å²) in [7, 11) is 0. The minimum absolute atomic E-state index is 0.0529. The molecule has 0 unspecified atom stereocenters. The van der Waals surface area contributed by atoms with Crippen LogP contribution in [-0.4, -0.2) is 15.2 Å². The zero-order valence-electron chi connectivity index (χ0n) is 14.8. The number of amides is 2. The quantitative estimate of drug-likeness (QED) is 0.736. The van der Waals surface area contributed by atoms with Crippen molar-refractivity contribution < 1.29 is 9.18 Å². The molecule has 6 nitrogen and oxygen atoms in total. The van der Waals surface area contributed by atoms with E-state index in [0.29, 0.717) is 25.3 Å². The number of fused-ring (bicyclic) bond motifs is 1. The maximum Gasteiger partial charge on any atom is 0.329 e. The molecule has 0 radical (unpaired) electrons. The summed E-state index contributed by atoms with van der Waals surface area (Å²) in [6.07, 6.45) is 0. The van der Waals surface area contributed by atoms with Crippen LogP contribution in [0.3, 0.4) is 0 Å². The second-order valence-corrected chi connectivity index (χ2v) is 5.91. The second-order valence-electron chi connectivity index (χ2n) is 5.91. The van der Waals surface area contributed by atoms with Crippen molar-refractivity contribution in [3.8, 4) is 0 Å². The molecule has 0 fully saturated rings. The van der Waals surface area contributed by atoms with Crippen LogP contribution in [0.15, 0.2) is 47.3 Å². The van der Waals surface area contributed by atoms with Crippen molar-refractivity contribution in [3.63, 3.8) is 0 Å². The number of anilines is 1. The van der Waals surface area contributed by atoms with Gasteiger partial charge in [0.25, 0.3) is 0 Å². The van der Waals surface area contributed by atoms with Gasteiger partial charge < -0.3 is 10.6 Å². The number of nitrogens with zero attached hydrogens (tertiary/aromatic N) is 2. The molecule has 7 heteroatoms. The summed E-state index contributed by atoms with van der Waals surface area (Å²) in [6.45, 7) is 5.28. The van der Waals surface area contributed by atoms with Crippen molar-refractivity contribution in [1.29, 1.82) is 0 Å². The van der Waals surface area contributed by atoms with Crippen LogP contribution in [0.2, 0.25) is 0 Å². The summed E-state index contributed by atoms with van der Waals surface area (Å²) in [5, 5.41) is 5.49. The van der Waals surface area contributed by atoms with E-state index in [-0.39, 0.29) is 17.5 Å². The Morgan fingerprint density at radius 2 is 1.65 bits per heavy atom. The van der Waals surface area contributed by atoms with Crippen LogP contribution in [0, 0.1) is 5.82 Å². The summed E-state index contributed by atoms with van der Waals surface area (Å²) in [5.74, 6) is -0.313. The number of imidazole rings is 1. The monoisotopic (exact) mass is 356 g/mol. The third kappa shape index (κ3) is 3.46. The highest BCUT2D eigenvalue weighted by molar-refractivity contribution is 5.92. The van der Waals surface area contributed by atoms with E-state index in [9.17, 15) is 14.0 Å². The molecule has 2 amide bonds. The molecule has 2 N–H and O–H groups in total. The Hall–Kier alpha value is -3.09. The SMILES string of the molecule is CCn1c(=O)n(CC)c2cc(NC(=O)NCc3ccc(F)cc3)ccc21. The molecule has 3 rings (SSSR count). The molecule has 0 aliphatic rings. The lowest BCUT2D eigenvalue weighted by Crippen LogP contribution is -2.28. The molecule has 0 saturated heterocycles. The third-order valence-corrected chi connectivity index (χ3v) is 4.28. The molecule has 0 spiro atoms. The smallest absolute Gasteiger partial charge is 0.329 e. The highest BCUT2D eigenvalue weighted by Gasteiger charge is 2.12. The summed E-state index contributed by atoms with van der Waals surface area (Å²) < 4.78 is 16.3. The molecular formula is C19H21FN4O2. The lowest BCUT2D eigenvalue weighted by atomic mass is 10.2. The van der Waals surface area contributed by atoms with Gasteiger partial charge in [0.15, 0.2) is 0 Å². The van der Waals surface area contributed by atoms with Gasteiger partial charge in [0, 0.05) is 25.3 Å². The molecule has 26 heavy (non-hydrogen) atoms. The van der Waals surface area contributed by atoms with Crippen molar-refractivity contribution in [1.82, 2.24) is 14.5 Å². The van der Waals surface area contributed by atoms with Gasteiger partial charge in [0.2, 0.25) is 0 Å². The molecule has 0 bridgehead atoms. The molecule has 2 aromatic carbocycles. The number of hydrogen-bond acceptors (Lipinski definition) is 2. The fraction of sp³-hybridized carbons (Fsp3) is 0.263. The van der Waals surface area contributed by atoms with E-state index in [1.807, 2.05) is 19.9 Å². The zero-order chi connectivity index (χ0) is 18.7. The fourth-order valence-corrected chi connectivity index (χ4v) is 2.97. The van der Waals surface area contributed by atoms with Crippen molar-refractivity contribution in [2.24, 2.45) is 0 Å². The van der Waals surface area contributed by atoms with Gasteiger partial charge in [-0.1, -0.05) is 12.1 Å². The van der Waals surface area contributed by atoms with E-state index in [1.165, 1.54) is 12.1 Å². The van der Waals surface area contributed by atoms with E-state index in [0.717, 1.165) is 16.6 Å². The van der Waals surface area contributed by atoms with Gasteiger partial charge in [0.05, 0.1) is 11.0 Å². The van der Waals surface area contributed by atoms with Crippen LogP contribution in [-0.2, 0) is 19.6 Å². The van der Waals surface area contributed by atoms with Gasteiger partial charge in [-0.25, -0.2) is 14.0 Å². The van der Waals surface area contributed by atoms with Gasteiger partial charge in [-0.05, 0) is 49.7 Å². The van der Waals surface area contributed by atoms with Gasteiger partial charge in [-0.2, -0.15) is 0 Å². The number of hydrogen-bond donors (Lipinski definition) is 2. The van der Waals surface area contributed by atoms with E-state index in [1.54, 1.807) is 33.4 Å². The number of carbonyl (C=O) groups is 1. The summed E-state index contributed by atoms with van der Waals surface area (Å²) in [6, 6.07) is 11.0. The minimum atomic E-state index is -0.367. The fourth-order valence-electron chi connectivity index (χ4n) is 2.97. The summed E-state index contributed by atoms with van der Waals surface area (Å²) in [5.41, 5.74) is 2.98. The van der Waals surface area contributed by atoms with E-state index >= 15 is 0 Å². The molecule has 1 aromatic heterocycles. The number of rotatable bonds is 5. The van der Waals surface area contributed by atoms with Crippen LogP contribution in [0.1, 0.15) is 19.4 Å². The van der Waals surface area contributed by atoms with Crippen LogP contribution in [0.25, 0.3) is 11.0 Å². The Bertz CT molecular complexity index is 989. The Morgan fingerprint density at radius 3 is 2.31 bits per heavy atom. The second kappa shape index (κ2) is 7.43. The first kappa shape index (κ1) is 17.7. The number of urea groups is 1. The van der Waals surface area contributed by atoms with Crippen LogP contribution in [0.5, 0.6) is 0 Å². The Kier molecular flexibility index (Phi) is 5.06. The average Bonchev–Trinajstić information content (AvgIpc) is 2.91. The van der Waals surface area contributed by atoms with Crippen LogP contribution in [0.4, 0.5) is 14.9 Å². The highest BCUT2D eigenvalue weighted by atomic mass is 19.1. The van der Waals surface area contributed by atoms with E-state index in [2.05, 4.69) is 10.6 Å². The maximum atomic E-state index is 12.9. The Morgan fingerprint density at radius 1 is 1.00 bits per heavy atom. The number of nitrogens with one attached hydrogen (secondary N) is 2. The lowest BCUT2D eigenvalue weighted by molar-refractivity contribution is 0.251. The topological polar surface area (TPSA) is 68.1 Å². The predicted octanol–water partition coefficient (Wildman–Crippen LogP) is 3.30. The molecular weight excluding hydrogens is 335 g/mol. The minimum Gasteiger partial charge on any atom is -0.334 e. The van der Waals surface area contributed by atoms with Crippen molar-refractivity contribution in [3.05, 3.63) is 64.3 Å². The van der Waals surface area contributed by atoms with E-state index in [4.69, 9.17) is 0 Å². The van der Waals surface area contributed by atoms with Gasteiger partial charge in [0.1, 0.15) is 5.82 Å². The van der Waals surface area contributed by atoms with Gasteiger partial charge in [-0.15, -0.1) is 0 Å². The maximum absolute atomic E-state index is 12.9. The molecule has 0 atom stereocenters. The first-order valence-electron chi connectivity index (χ1n) is 8.55. The largest absolute Gasteiger partial charge is 0.334 e. The normalized spacial score (nSPS) is 10.9. The number of halogens is 1.